The summed E-state index contributed by atoms with van der Waals surface area (Å²) in [6.07, 6.45) is 1.04. The van der Waals surface area contributed by atoms with Gasteiger partial charge in [-0.05, 0) is 49.1 Å². The molecule has 0 radical (unpaired) electrons. The molecule has 1 saturated heterocycles. The zero-order valence-corrected chi connectivity index (χ0v) is 15.7. The molecular formula is C21H24ClFN2O. The Morgan fingerprint density at radius 1 is 1.27 bits per heavy atom. The van der Waals surface area contributed by atoms with E-state index in [4.69, 9.17) is 11.6 Å². The molecule has 1 aliphatic heterocycles. The summed E-state index contributed by atoms with van der Waals surface area (Å²) in [6.45, 7) is 5.71. The molecule has 2 aromatic carbocycles. The van der Waals surface area contributed by atoms with E-state index in [1.54, 1.807) is 12.1 Å². The molecule has 5 heteroatoms. The number of likely N-dealkylation sites (tertiary alicyclic amines) is 1. The van der Waals surface area contributed by atoms with Gasteiger partial charge in [0.2, 0.25) is 5.91 Å². The molecule has 0 saturated carbocycles. The Kier molecular flexibility index (Phi) is 6.28. The second kappa shape index (κ2) is 8.65. The Hall–Kier alpha value is -1.91. The lowest BCUT2D eigenvalue weighted by Crippen LogP contribution is -2.32. The topological polar surface area (TPSA) is 32.3 Å². The van der Waals surface area contributed by atoms with Gasteiger partial charge in [-0.25, -0.2) is 4.39 Å². The van der Waals surface area contributed by atoms with Crippen molar-refractivity contribution in [2.24, 2.45) is 5.92 Å². The van der Waals surface area contributed by atoms with Gasteiger partial charge in [0.1, 0.15) is 5.82 Å². The molecule has 0 aromatic heterocycles. The van der Waals surface area contributed by atoms with Crippen LogP contribution in [-0.2, 0) is 17.8 Å². The molecule has 1 fully saturated rings. The highest BCUT2D eigenvalue weighted by molar-refractivity contribution is 6.31. The van der Waals surface area contributed by atoms with Crippen LogP contribution in [0.2, 0.25) is 5.02 Å². The summed E-state index contributed by atoms with van der Waals surface area (Å²) in [5.74, 6) is -0.189. The van der Waals surface area contributed by atoms with Crippen molar-refractivity contribution in [1.29, 1.82) is 0 Å². The van der Waals surface area contributed by atoms with E-state index < -0.39 is 5.82 Å². The first-order valence-electron chi connectivity index (χ1n) is 8.99. The quantitative estimate of drug-likeness (QED) is 0.829. The molecule has 1 aliphatic rings. The molecule has 26 heavy (non-hydrogen) atoms. The Labute approximate surface area is 159 Å². The van der Waals surface area contributed by atoms with Crippen LogP contribution < -0.4 is 5.32 Å². The Morgan fingerprint density at radius 3 is 2.85 bits per heavy atom. The van der Waals surface area contributed by atoms with Crippen molar-refractivity contribution in [3.8, 4) is 0 Å². The molecule has 3 nitrogen and oxygen atoms in total. The molecular weight excluding hydrogens is 351 g/mol. The maximum atomic E-state index is 13.8. The first-order chi connectivity index (χ1) is 12.5. The Morgan fingerprint density at radius 2 is 2.08 bits per heavy atom. The number of aryl methyl sites for hydroxylation is 1. The third-order valence-electron chi connectivity index (χ3n) is 5.01. The number of carbonyl (C=O) groups excluding carboxylic acids is 1. The van der Waals surface area contributed by atoms with Crippen molar-refractivity contribution < 1.29 is 9.18 Å². The van der Waals surface area contributed by atoms with Crippen LogP contribution in [0, 0.1) is 18.7 Å². The Bertz CT molecular complexity index is 760. The van der Waals surface area contributed by atoms with Crippen LogP contribution in [0.3, 0.4) is 0 Å². The van der Waals surface area contributed by atoms with Gasteiger partial charge in [-0.2, -0.15) is 0 Å². The fourth-order valence-electron chi connectivity index (χ4n) is 3.43. The monoisotopic (exact) mass is 374 g/mol. The van der Waals surface area contributed by atoms with Crippen LogP contribution in [0.4, 0.5) is 4.39 Å². The first-order valence-corrected chi connectivity index (χ1v) is 9.37. The summed E-state index contributed by atoms with van der Waals surface area (Å²) in [5, 5.41) is 3.23. The summed E-state index contributed by atoms with van der Waals surface area (Å²) in [6, 6.07) is 12.9. The second-order valence-electron chi connectivity index (χ2n) is 7.00. The molecule has 1 heterocycles. The molecule has 1 amide bonds. The highest BCUT2D eigenvalue weighted by atomic mass is 35.5. The predicted molar refractivity (Wildman–Crippen MR) is 103 cm³/mol. The van der Waals surface area contributed by atoms with Crippen molar-refractivity contribution in [3.63, 3.8) is 0 Å². The fraction of sp³-hybridized carbons (Fsp3) is 0.381. The summed E-state index contributed by atoms with van der Waals surface area (Å²) in [7, 11) is 0. The van der Waals surface area contributed by atoms with E-state index in [-0.39, 0.29) is 17.9 Å². The van der Waals surface area contributed by atoms with Crippen LogP contribution in [0.25, 0.3) is 0 Å². The zero-order valence-electron chi connectivity index (χ0n) is 15.0. The van der Waals surface area contributed by atoms with Crippen molar-refractivity contribution in [3.05, 3.63) is 70.0 Å². The SMILES string of the molecule is Cc1ccccc1CN1CC[C@H](CNC(=O)Cc2c(F)cccc2Cl)C1. The summed E-state index contributed by atoms with van der Waals surface area (Å²) in [4.78, 5) is 14.6. The number of carbonyl (C=O) groups is 1. The zero-order chi connectivity index (χ0) is 18.5. The van der Waals surface area contributed by atoms with Crippen molar-refractivity contribution in [2.45, 2.75) is 26.3 Å². The molecule has 138 valence electrons. The summed E-state index contributed by atoms with van der Waals surface area (Å²) < 4.78 is 13.8. The van der Waals surface area contributed by atoms with Gasteiger partial charge >= 0.3 is 0 Å². The number of hydrogen-bond donors (Lipinski definition) is 1. The average molecular weight is 375 g/mol. The van der Waals surface area contributed by atoms with Gasteiger partial charge in [0.25, 0.3) is 0 Å². The molecule has 3 rings (SSSR count). The largest absolute Gasteiger partial charge is 0.355 e. The molecule has 0 bridgehead atoms. The van der Waals surface area contributed by atoms with Crippen LogP contribution in [0.5, 0.6) is 0 Å². The van der Waals surface area contributed by atoms with Gasteiger partial charge < -0.3 is 5.32 Å². The van der Waals surface area contributed by atoms with E-state index in [2.05, 4.69) is 41.4 Å². The molecule has 1 atom stereocenters. The minimum absolute atomic E-state index is 0.0227. The van der Waals surface area contributed by atoms with E-state index in [0.29, 0.717) is 17.5 Å². The Balaban J connectivity index is 1.46. The lowest BCUT2D eigenvalue weighted by Gasteiger charge is -2.17. The van der Waals surface area contributed by atoms with Gasteiger partial charge in [0.15, 0.2) is 0 Å². The maximum absolute atomic E-state index is 13.8. The van der Waals surface area contributed by atoms with Gasteiger partial charge in [-0.1, -0.05) is 41.9 Å². The van der Waals surface area contributed by atoms with Crippen LogP contribution in [0.15, 0.2) is 42.5 Å². The smallest absolute Gasteiger partial charge is 0.224 e. The average Bonchev–Trinajstić information content (AvgIpc) is 3.06. The van der Waals surface area contributed by atoms with E-state index in [1.165, 1.54) is 17.2 Å². The number of amides is 1. The normalized spacial score (nSPS) is 17.4. The molecule has 0 aliphatic carbocycles. The number of rotatable bonds is 6. The molecule has 2 aromatic rings. The minimum atomic E-state index is -0.432. The predicted octanol–water partition coefficient (Wildman–Crippen LogP) is 3.97. The number of nitrogens with zero attached hydrogens (tertiary/aromatic N) is 1. The summed E-state index contributed by atoms with van der Waals surface area (Å²) >= 11 is 5.98. The van der Waals surface area contributed by atoms with Crippen LogP contribution in [0.1, 0.15) is 23.1 Å². The van der Waals surface area contributed by atoms with Crippen molar-refractivity contribution in [2.75, 3.05) is 19.6 Å². The standard InChI is InChI=1S/C21H24ClFN2O/c1-15-5-2-3-6-17(15)14-25-10-9-16(13-25)12-24-21(26)11-18-19(22)7-4-8-20(18)23/h2-8,16H,9-14H2,1H3,(H,24,26)/t16-/m1/s1. The highest BCUT2D eigenvalue weighted by Crippen LogP contribution is 2.21. The van der Waals surface area contributed by atoms with Gasteiger partial charge in [-0.15, -0.1) is 0 Å². The van der Waals surface area contributed by atoms with Crippen molar-refractivity contribution >= 4 is 17.5 Å². The van der Waals surface area contributed by atoms with E-state index in [0.717, 1.165) is 26.1 Å². The minimum Gasteiger partial charge on any atom is -0.355 e. The molecule has 0 unspecified atom stereocenters. The molecule has 0 spiro atoms. The van der Waals surface area contributed by atoms with E-state index >= 15 is 0 Å². The maximum Gasteiger partial charge on any atom is 0.224 e. The van der Waals surface area contributed by atoms with E-state index in [9.17, 15) is 9.18 Å². The second-order valence-corrected chi connectivity index (χ2v) is 7.40. The molecule has 1 N–H and O–H groups in total. The third kappa shape index (κ3) is 4.83. The van der Waals surface area contributed by atoms with E-state index in [1.807, 2.05) is 0 Å². The number of nitrogens with one attached hydrogen (secondary N) is 1. The van der Waals surface area contributed by atoms with Gasteiger partial charge in [0, 0.05) is 30.2 Å². The van der Waals surface area contributed by atoms with Crippen molar-refractivity contribution in [1.82, 2.24) is 10.2 Å². The van der Waals surface area contributed by atoms with Crippen LogP contribution >= 0.6 is 11.6 Å². The third-order valence-corrected chi connectivity index (χ3v) is 5.37. The lowest BCUT2D eigenvalue weighted by atomic mass is 10.1. The fourth-order valence-corrected chi connectivity index (χ4v) is 3.66. The van der Waals surface area contributed by atoms with Crippen LogP contribution in [-0.4, -0.2) is 30.4 Å². The highest BCUT2D eigenvalue weighted by Gasteiger charge is 2.23. The lowest BCUT2D eigenvalue weighted by molar-refractivity contribution is -0.120. The van der Waals surface area contributed by atoms with Gasteiger partial charge in [-0.3, -0.25) is 9.69 Å². The number of benzene rings is 2. The van der Waals surface area contributed by atoms with Gasteiger partial charge in [0.05, 0.1) is 6.42 Å². The number of hydrogen-bond acceptors (Lipinski definition) is 2. The first kappa shape index (κ1) is 18.9. The summed E-state index contributed by atoms with van der Waals surface area (Å²) in [5.41, 5.74) is 2.93. The number of halogens is 2.